The molecule has 8 heteroatoms. The lowest BCUT2D eigenvalue weighted by Crippen LogP contribution is -2.34. The molecule has 7 nitrogen and oxygen atoms in total. The second kappa shape index (κ2) is 8.79. The van der Waals surface area contributed by atoms with E-state index in [1.807, 2.05) is 0 Å². The van der Waals surface area contributed by atoms with Gasteiger partial charge in [0, 0.05) is 12.5 Å². The van der Waals surface area contributed by atoms with Crippen molar-refractivity contribution in [3.05, 3.63) is 41.2 Å². The minimum atomic E-state index is -1.93. The van der Waals surface area contributed by atoms with Crippen LogP contribution in [0.15, 0.2) is 30.1 Å². The van der Waals surface area contributed by atoms with Crippen LogP contribution in [0.5, 0.6) is 11.5 Å². The maximum Gasteiger partial charge on any atom is 0.342 e. The van der Waals surface area contributed by atoms with E-state index >= 15 is 0 Å². The quantitative estimate of drug-likeness (QED) is 0.638. The Labute approximate surface area is 155 Å². The number of cyclic esters (lactones) is 1. The lowest BCUT2D eigenvalue weighted by molar-refractivity contribution is -0.130. The largest absolute Gasteiger partial charge is 0.507 e. The van der Waals surface area contributed by atoms with E-state index in [9.17, 15) is 29.3 Å². The molecule has 3 atom stereocenters. The monoisotopic (exact) mass is 380 g/mol. The number of hydrogen-bond donors (Lipinski definition) is 3. The van der Waals surface area contributed by atoms with Crippen LogP contribution in [0, 0.1) is 0 Å². The van der Waals surface area contributed by atoms with Crippen LogP contribution in [0.3, 0.4) is 0 Å². The third-order valence-corrected chi connectivity index (χ3v) is 4.04. The second-order valence-corrected chi connectivity index (χ2v) is 6.13. The highest BCUT2D eigenvalue weighted by molar-refractivity contribution is 5.98. The predicted molar refractivity (Wildman–Crippen MR) is 94.0 cm³/mol. The first-order valence-electron chi connectivity index (χ1n) is 8.29. The molecule has 0 saturated heterocycles. The highest BCUT2D eigenvalue weighted by Crippen LogP contribution is 2.30. The Morgan fingerprint density at radius 2 is 1.93 bits per heavy atom. The van der Waals surface area contributed by atoms with Crippen molar-refractivity contribution < 1.29 is 38.8 Å². The van der Waals surface area contributed by atoms with Gasteiger partial charge in [0.15, 0.2) is 5.83 Å². The maximum atomic E-state index is 13.9. The fourth-order valence-corrected chi connectivity index (χ4v) is 2.53. The first-order valence-corrected chi connectivity index (χ1v) is 8.29. The van der Waals surface area contributed by atoms with E-state index in [1.165, 1.54) is 38.3 Å². The van der Waals surface area contributed by atoms with Crippen LogP contribution < -0.4 is 4.74 Å². The third-order valence-electron chi connectivity index (χ3n) is 4.04. The van der Waals surface area contributed by atoms with Gasteiger partial charge in [0.2, 0.25) is 5.78 Å². The van der Waals surface area contributed by atoms with Crippen molar-refractivity contribution in [2.75, 3.05) is 7.11 Å². The van der Waals surface area contributed by atoms with Crippen molar-refractivity contribution in [3.8, 4) is 11.5 Å². The van der Waals surface area contributed by atoms with Crippen LogP contribution in [-0.4, -0.2) is 52.5 Å². The SMILES string of the molecule is COc1cc(O)c2c(c1)/C=C/CC(O)C(O)C(=O)/C(F)=C/CC(C)OC2=O. The molecule has 0 spiro atoms. The molecular weight excluding hydrogens is 359 g/mol. The van der Waals surface area contributed by atoms with Crippen molar-refractivity contribution in [2.45, 2.75) is 38.1 Å². The number of esters is 1. The molecule has 3 N–H and O–H groups in total. The van der Waals surface area contributed by atoms with Gasteiger partial charge < -0.3 is 24.8 Å². The summed E-state index contributed by atoms with van der Waals surface area (Å²) >= 11 is 0. The topological polar surface area (TPSA) is 113 Å². The number of phenolic OH excluding ortho intramolecular Hbond substituents is 1. The number of aliphatic hydroxyl groups excluding tert-OH is 2. The lowest BCUT2D eigenvalue weighted by atomic mass is 10.0. The Hall–Kier alpha value is -2.71. The Bertz CT molecular complexity index is 785. The summed E-state index contributed by atoms with van der Waals surface area (Å²) in [6.45, 7) is 1.49. The Morgan fingerprint density at radius 1 is 1.22 bits per heavy atom. The Balaban J connectivity index is 2.48. The molecule has 1 heterocycles. The van der Waals surface area contributed by atoms with Gasteiger partial charge in [-0.05, 0) is 31.1 Å². The van der Waals surface area contributed by atoms with Gasteiger partial charge in [0.25, 0.3) is 0 Å². The van der Waals surface area contributed by atoms with E-state index in [0.29, 0.717) is 5.75 Å². The average Bonchev–Trinajstić information content (AvgIpc) is 2.63. The first kappa shape index (κ1) is 20.6. The van der Waals surface area contributed by atoms with E-state index in [1.54, 1.807) is 0 Å². The van der Waals surface area contributed by atoms with Gasteiger partial charge >= 0.3 is 5.97 Å². The molecule has 0 saturated carbocycles. The van der Waals surface area contributed by atoms with E-state index in [2.05, 4.69) is 0 Å². The predicted octanol–water partition coefficient (Wildman–Crippen LogP) is 1.90. The normalized spacial score (nSPS) is 27.6. The minimum Gasteiger partial charge on any atom is -0.507 e. The summed E-state index contributed by atoms with van der Waals surface area (Å²) in [7, 11) is 1.39. The number of carbonyl (C=O) groups is 2. The average molecular weight is 380 g/mol. The molecule has 146 valence electrons. The van der Waals surface area contributed by atoms with Crippen LogP contribution in [0.4, 0.5) is 4.39 Å². The number of phenols is 1. The number of halogens is 1. The zero-order valence-electron chi connectivity index (χ0n) is 14.9. The number of carbonyl (C=O) groups excluding carboxylic acids is 2. The van der Waals surface area contributed by atoms with Crippen LogP contribution in [0.2, 0.25) is 0 Å². The standard InChI is InChI=1S/C19H21FO7/c1-10-6-7-13(20)17(23)18(24)14(21)5-3-4-11-8-12(26-2)9-15(22)16(11)19(25)27-10/h3-4,7-10,14,18,21-22,24H,5-6H2,1-2H3/b4-3+,13-7-. The number of fused-ring (bicyclic) bond motifs is 1. The van der Waals surface area contributed by atoms with Crippen LogP contribution in [0.25, 0.3) is 6.08 Å². The summed E-state index contributed by atoms with van der Waals surface area (Å²) in [5.41, 5.74) is 0.141. The number of hydrogen-bond acceptors (Lipinski definition) is 7. The molecule has 0 fully saturated rings. The van der Waals surface area contributed by atoms with Gasteiger partial charge in [-0.1, -0.05) is 12.2 Å². The fraction of sp³-hybridized carbons (Fsp3) is 0.368. The van der Waals surface area contributed by atoms with E-state index < -0.39 is 35.9 Å². The van der Waals surface area contributed by atoms with E-state index in [4.69, 9.17) is 9.47 Å². The van der Waals surface area contributed by atoms with Crippen LogP contribution >= 0.6 is 0 Å². The van der Waals surface area contributed by atoms with Crippen LogP contribution in [-0.2, 0) is 9.53 Å². The van der Waals surface area contributed by atoms with Crippen molar-refractivity contribution in [2.24, 2.45) is 0 Å². The molecule has 0 radical (unpaired) electrons. The van der Waals surface area contributed by atoms with Crippen molar-refractivity contribution in [1.82, 2.24) is 0 Å². The van der Waals surface area contributed by atoms with Gasteiger partial charge in [0.1, 0.15) is 29.3 Å². The molecule has 3 unspecified atom stereocenters. The van der Waals surface area contributed by atoms with Gasteiger partial charge in [-0.2, -0.15) is 0 Å². The molecule has 0 amide bonds. The van der Waals surface area contributed by atoms with Crippen LogP contribution in [0.1, 0.15) is 35.7 Å². The highest BCUT2D eigenvalue weighted by Gasteiger charge is 2.27. The summed E-state index contributed by atoms with van der Waals surface area (Å²) in [5, 5.41) is 29.9. The number of rotatable bonds is 1. The number of ether oxygens (including phenoxy) is 2. The van der Waals surface area contributed by atoms with Crippen molar-refractivity contribution in [1.29, 1.82) is 0 Å². The minimum absolute atomic E-state index is 0.119. The number of benzene rings is 1. The molecule has 2 rings (SSSR count). The van der Waals surface area contributed by atoms with Gasteiger partial charge in [-0.15, -0.1) is 0 Å². The number of aromatic hydroxyl groups is 1. The molecule has 0 aliphatic carbocycles. The Kier molecular flexibility index (Phi) is 6.70. The van der Waals surface area contributed by atoms with Gasteiger partial charge in [-0.25, -0.2) is 9.18 Å². The molecule has 0 bridgehead atoms. The fourth-order valence-electron chi connectivity index (χ4n) is 2.53. The molecule has 27 heavy (non-hydrogen) atoms. The summed E-state index contributed by atoms with van der Waals surface area (Å²) in [4.78, 5) is 24.2. The number of methoxy groups -OCH3 is 1. The third kappa shape index (κ3) is 4.93. The molecule has 1 aliphatic rings. The van der Waals surface area contributed by atoms with Crippen molar-refractivity contribution >= 4 is 17.8 Å². The summed E-state index contributed by atoms with van der Waals surface area (Å²) < 4.78 is 24.1. The molecular formula is C19H21FO7. The number of aliphatic hydroxyl groups is 2. The maximum absolute atomic E-state index is 13.9. The first-order chi connectivity index (χ1) is 12.7. The molecule has 1 aliphatic heterocycles. The second-order valence-electron chi connectivity index (χ2n) is 6.13. The summed E-state index contributed by atoms with van der Waals surface area (Å²) in [6, 6.07) is 2.73. The molecule has 0 aromatic heterocycles. The highest BCUT2D eigenvalue weighted by atomic mass is 19.1. The molecule has 1 aromatic carbocycles. The lowest BCUT2D eigenvalue weighted by Gasteiger charge is -2.17. The smallest absolute Gasteiger partial charge is 0.342 e. The number of ketones is 1. The van der Waals surface area contributed by atoms with Crippen molar-refractivity contribution in [3.63, 3.8) is 0 Å². The summed E-state index contributed by atoms with van der Waals surface area (Å²) in [5.74, 6) is -3.38. The van der Waals surface area contributed by atoms with Gasteiger partial charge in [-0.3, -0.25) is 4.79 Å². The number of Topliss-reactive ketones (excluding diaryl/α,β-unsaturated/α-hetero) is 1. The van der Waals surface area contributed by atoms with Gasteiger partial charge in [0.05, 0.1) is 13.2 Å². The Morgan fingerprint density at radius 3 is 2.59 bits per heavy atom. The van der Waals surface area contributed by atoms with E-state index in [-0.39, 0.29) is 29.7 Å². The van der Waals surface area contributed by atoms with E-state index in [0.717, 1.165) is 6.08 Å². The zero-order valence-corrected chi connectivity index (χ0v) is 14.9. The molecule has 1 aromatic rings. The summed E-state index contributed by atoms with van der Waals surface area (Å²) in [6.07, 6.45) is -0.929. The zero-order chi connectivity index (χ0) is 20.1.